The molecule has 0 spiro atoms. The van der Waals surface area contributed by atoms with Crippen molar-refractivity contribution in [2.45, 2.75) is 24.5 Å². The number of nitrogens with zero attached hydrogens (tertiary/aromatic N) is 1. The van der Waals surface area contributed by atoms with Crippen LogP contribution < -0.4 is 20.1 Å². The number of aryl methyl sites for hydroxylation is 1. The standard InChI is InChI=1S/C19H28N4O3S2/c1-4-20-19(21-10-9-16-14-15(2)7-8-17(16)26-3)22-11-12-23-28(24,25)18-6-5-13-27-18/h5-8,13-14,23H,4,9-12H2,1-3H3,(H2,20,21,22). The summed E-state index contributed by atoms with van der Waals surface area (Å²) in [7, 11) is -1.78. The molecule has 0 aliphatic heterocycles. The number of rotatable bonds is 10. The highest BCUT2D eigenvalue weighted by molar-refractivity contribution is 7.91. The molecule has 0 saturated heterocycles. The number of ether oxygens (including phenoxy) is 1. The Hall–Kier alpha value is -2.10. The van der Waals surface area contributed by atoms with E-state index in [1.54, 1.807) is 24.6 Å². The van der Waals surface area contributed by atoms with Gasteiger partial charge in [0, 0.05) is 19.6 Å². The van der Waals surface area contributed by atoms with Gasteiger partial charge >= 0.3 is 0 Å². The Morgan fingerprint density at radius 1 is 1.21 bits per heavy atom. The quantitative estimate of drug-likeness (QED) is 0.309. The van der Waals surface area contributed by atoms with Crippen LogP contribution in [0.1, 0.15) is 18.1 Å². The summed E-state index contributed by atoms with van der Waals surface area (Å²) in [6.45, 7) is 6.03. The van der Waals surface area contributed by atoms with Crippen molar-refractivity contribution in [3.8, 4) is 5.75 Å². The molecule has 0 amide bonds. The minimum atomic E-state index is -3.45. The van der Waals surface area contributed by atoms with E-state index < -0.39 is 10.0 Å². The van der Waals surface area contributed by atoms with Gasteiger partial charge in [-0.15, -0.1) is 11.3 Å². The van der Waals surface area contributed by atoms with Crippen LogP contribution in [0.3, 0.4) is 0 Å². The topological polar surface area (TPSA) is 91.8 Å². The number of methoxy groups -OCH3 is 1. The number of hydrogen-bond acceptors (Lipinski definition) is 5. The maximum atomic E-state index is 12.1. The van der Waals surface area contributed by atoms with E-state index in [1.165, 1.54) is 16.9 Å². The zero-order valence-corrected chi connectivity index (χ0v) is 18.1. The number of guanidine groups is 1. The number of hydrogen-bond donors (Lipinski definition) is 3. The summed E-state index contributed by atoms with van der Waals surface area (Å²) >= 11 is 1.19. The normalized spacial score (nSPS) is 12.0. The summed E-state index contributed by atoms with van der Waals surface area (Å²) in [6, 6.07) is 9.42. The van der Waals surface area contributed by atoms with Gasteiger partial charge in [-0.05, 0) is 43.3 Å². The van der Waals surface area contributed by atoms with E-state index in [0.717, 1.165) is 24.3 Å². The molecule has 0 atom stereocenters. The van der Waals surface area contributed by atoms with Crippen LogP contribution in [0.2, 0.25) is 0 Å². The van der Waals surface area contributed by atoms with Crippen LogP contribution in [0.4, 0.5) is 0 Å². The Kier molecular flexibility index (Phi) is 8.75. The van der Waals surface area contributed by atoms with E-state index in [-0.39, 0.29) is 6.54 Å². The molecule has 1 aromatic carbocycles. The van der Waals surface area contributed by atoms with Crippen molar-refractivity contribution in [1.82, 2.24) is 15.4 Å². The smallest absolute Gasteiger partial charge is 0.250 e. The zero-order valence-electron chi connectivity index (χ0n) is 16.5. The molecule has 7 nitrogen and oxygen atoms in total. The molecular weight excluding hydrogens is 396 g/mol. The third-order valence-electron chi connectivity index (χ3n) is 3.90. The van der Waals surface area contributed by atoms with E-state index in [1.807, 2.05) is 19.1 Å². The Bertz CT molecular complexity index is 865. The van der Waals surface area contributed by atoms with Crippen LogP contribution in [-0.4, -0.2) is 47.7 Å². The highest BCUT2D eigenvalue weighted by Crippen LogP contribution is 2.19. The largest absolute Gasteiger partial charge is 0.496 e. The Morgan fingerprint density at radius 2 is 2.04 bits per heavy atom. The van der Waals surface area contributed by atoms with Gasteiger partial charge in [-0.2, -0.15) is 0 Å². The fourth-order valence-corrected chi connectivity index (χ4v) is 4.65. The minimum absolute atomic E-state index is 0.239. The minimum Gasteiger partial charge on any atom is -0.496 e. The first-order valence-electron chi connectivity index (χ1n) is 9.15. The van der Waals surface area contributed by atoms with Gasteiger partial charge in [0.2, 0.25) is 10.0 Å². The molecule has 0 bridgehead atoms. The van der Waals surface area contributed by atoms with Crippen molar-refractivity contribution in [2.24, 2.45) is 4.99 Å². The monoisotopic (exact) mass is 424 g/mol. The zero-order chi connectivity index (χ0) is 20.4. The summed E-state index contributed by atoms with van der Waals surface area (Å²) in [5.74, 6) is 1.53. The predicted molar refractivity (Wildman–Crippen MR) is 115 cm³/mol. The van der Waals surface area contributed by atoms with Crippen LogP contribution >= 0.6 is 11.3 Å². The van der Waals surface area contributed by atoms with E-state index in [4.69, 9.17) is 4.74 Å². The van der Waals surface area contributed by atoms with Crippen molar-refractivity contribution < 1.29 is 13.2 Å². The number of benzene rings is 1. The van der Waals surface area contributed by atoms with Gasteiger partial charge in [0.15, 0.2) is 5.96 Å². The lowest BCUT2D eigenvalue weighted by Gasteiger charge is -2.13. The summed E-state index contributed by atoms with van der Waals surface area (Å²) in [4.78, 5) is 4.43. The molecular formula is C19H28N4O3S2. The summed E-state index contributed by atoms with van der Waals surface area (Å²) in [5, 5.41) is 8.18. The summed E-state index contributed by atoms with van der Waals surface area (Å²) in [6.07, 6.45) is 0.792. The molecule has 2 aromatic rings. The highest BCUT2D eigenvalue weighted by atomic mass is 32.2. The second kappa shape index (κ2) is 11.0. The molecule has 1 aromatic heterocycles. The Balaban J connectivity index is 1.84. The number of thiophene rings is 1. The SMILES string of the molecule is CCNC(=NCCNS(=O)(=O)c1cccs1)NCCc1cc(C)ccc1OC. The van der Waals surface area contributed by atoms with Crippen molar-refractivity contribution in [1.29, 1.82) is 0 Å². The molecule has 154 valence electrons. The third kappa shape index (κ3) is 6.81. The molecule has 3 N–H and O–H groups in total. The van der Waals surface area contributed by atoms with Gasteiger partial charge in [-0.1, -0.05) is 23.8 Å². The predicted octanol–water partition coefficient (Wildman–Crippen LogP) is 2.14. The second-order valence-corrected chi connectivity index (χ2v) is 9.02. The van der Waals surface area contributed by atoms with Crippen LogP contribution in [-0.2, 0) is 16.4 Å². The lowest BCUT2D eigenvalue weighted by Crippen LogP contribution is -2.39. The number of sulfonamides is 1. The van der Waals surface area contributed by atoms with Gasteiger partial charge in [-0.3, -0.25) is 4.99 Å². The maximum Gasteiger partial charge on any atom is 0.250 e. The number of nitrogens with one attached hydrogen (secondary N) is 3. The van der Waals surface area contributed by atoms with Crippen molar-refractivity contribution in [3.63, 3.8) is 0 Å². The lowest BCUT2D eigenvalue weighted by molar-refractivity contribution is 0.409. The van der Waals surface area contributed by atoms with Crippen molar-refractivity contribution >= 4 is 27.3 Å². The van der Waals surface area contributed by atoms with Gasteiger partial charge in [-0.25, -0.2) is 13.1 Å². The number of aliphatic imine (C=N–C) groups is 1. The van der Waals surface area contributed by atoms with Gasteiger partial charge in [0.05, 0.1) is 13.7 Å². The molecule has 0 saturated carbocycles. The average molecular weight is 425 g/mol. The average Bonchev–Trinajstić information content (AvgIpc) is 3.21. The molecule has 0 aliphatic carbocycles. The molecule has 0 unspecified atom stereocenters. The molecule has 2 rings (SSSR count). The van der Waals surface area contributed by atoms with Gasteiger partial charge in [0.1, 0.15) is 9.96 Å². The van der Waals surface area contributed by atoms with E-state index in [9.17, 15) is 8.42 Å². The van der Waals surface area contributed by atoms with E-state index in [2.05, 4.69) is 33.3 Å². The van der Waals surface area contributed by atoms with Crippen molar-refractivity contribution in [3.05, 3.63) is 46.8 Å². The van der Waals surface area contributed by atoms with Crippen LogP contribution in [0.25, 0.3) is 0 Å². The summed E-state index contributed by atoms with van der Waals surface area (Å²) < 4.78 is 32.5. The highest BCUT2D eigenvalue weighted by Gasteiger charge is 2.13. The first kappa shape index (κ1) is 22.2. The van der Waals surface area contributed by atoms with Gasteiger partial charge < -0.3 is 15.4 Å². The first-order chi connectivity index (χ1) is 13.5. The molecule has 0 fully saturated rings. The Morgan fingerprint density at radius 3 is 2.71 bits per heavy atom. The first-order valence-corrected chi connectivity index (χ1v) is 11.5. The van der Waals surface area contributed by atoms with Crippen LogP contribution in [0, 0.1) is 6.92 Å². The van der Waals surface area contributed by atoms with Crippen LogP contribution in [0.15, 0.2) is 44.9 Å². The third-order valence-corrected chi connectivity index (χ3v) is 6.76. The fraction of sp³-hybridized carbons (Fsp3) is 0.421. The lowest BCUT2D eigenvalue weighted by atomic mass is 10.1. The molecule has 9 heteroatoms. The van der Waals surface area contributed by atoms with E-state index >= 15 is 0 Å². The fourth-order valence-electron chi connectivity index (χ4n) is 2.60. The van der Waals surface area contributed by atoms with Crippen LogP contribution in [0.5, 0.6) is 5.75 Å². The molecule has 0 radical (unpaired) electrons. The second-order valence-electron chi connectivity index (χ2n) is 6.08. The maximum absolute atomic E-state index is 12.1. The van der Waals surface area contributed by atoms with E-state index in [0.29, 0.717) is 23.3 Å². The van der Waals surface area contributed by atoms with Gasteiger partial charge in [0.25, 0.3) is 0 Å². The summed E-state index contributed by atoms with van der Waals surface area (Å²) in [5.41, 5.74) is 2.32. The van der Waals surface area contributed by atoms with Crippen molar-refractivity contribution in [2.75, 3.05) is 33.3 Å². The molecule has 1 heterocycles. The molecule has 0 aliphatic rings. The molecule has 28 heavy (non-hydrogen) atoms. The Labute approximate surface area is 171 Å².